The number of hydrogen-bond acceptors (Lipinski definition) is 5. The lowest BCUT2D eigenvalue weighted by atomic mass is 10.2. The normalized spacial score (nSPS) is 15.7. The number of nitrogens with two attached hydrogens (primary N) is 1. The Balaban J connectivity index is 0.00000288. The summed E-state index contributed by atoms with van der Waals surface area (Å²) >= 11 is 5.84. The van der Waals surface area contributed by atoms with Crippen LogP contribution in [0.2, 0.25) is 5.02 Å². The number of ether oxygens (including phenoxy) is 2. The van der Waals surface area contributed by atoms with Crippen molar-refractivity contribution in [3.8, 4) is 5.75 Å². The quantitative estimate of drug-likeness (QED) is 0.735. The molecule has 0 bridgehead atoms. The van der Waals surface area contributed by atoms with Crippen LogP contribution in [-0.2, 0) is 9.53 Å². The van der Waals surface area contributed by atoms with Crippen LogP contribution in [0.4, 0.5) is 0 Å². The molecule has 1 fully saturated rings. The van der Waals surface area contributed by atoms with Crippen LogP contribution in [0.3, 0.4) is 0 Å². The Morgan fingerprint density at radius 1 is 1.20 bits per heavy atom. The Kier molecular flexibility index (Phi) is 12.2. The van der Waals surface area contributed by atoms with Gasteiger partial charge in [0.2, 0.25) is 5.91 Å². The lowest BCUT2D eigenvalue weighted by molar-refractivity contribution is -0.135. The molecule has 2 N–H and O–H groups in total. The van der Waals surface area contributed by atoms with E-state index in [9.17, 15) is 4.79 Å². The van der Waals surface area contributed by atoms with E-state index in [2.05, 4.69) is 4.90 Å². The summed E-state index contributed by atoms with van der Waals surface area (Å²) in [5.41, 5.74) is 5.79. The van der Waals surface area contributed by atoms with Crippen molar-refractivity contribution in [3.05, 3.63) is 29.3 Å². The molecule has 1 saturated heterocycles. The summed E-state index contributed by atoms with van der Waals surface area (Å²) in [6.45, 7) is 4.74. The number of halogens is 3. The number of piperazine rings is 1. The summed E-state index contributed by atoms with van der Waals surface area (Å²) in [6.07, 6.45) is 0. The van der Waals surface area contributed by atoms with Crippen LogP contribution in [0, 0.1) is 0 Å². The number of amides is 1. The van der Waals surface area contributed by atoms with Crippen molar-refractivity contribution < 1.29 is 14.3 Å². The molecule has 1 aliphatic heterocycles. The zero-order valence-electron chi connectivity index (χ0n) is 14.2. The molecular weight excluding hydrogens is 389 g/mol. The number of rotatable bonds is 7. The maximum absolute atomic E-state index is 12.1. The summed E-state index contributed by atoms with van der Waals surface area (Å²) in [5, 5.41) is 0.699. The molecule has 9 heteroatoms. The first-order valence-electron chi connectivity index (χ1n) is 7.74. The number of methoxy groups -OCH3 is 1. The van der Waals surface area contributed by atoms with Gasteiger partial charge in [-0.3, -0.25) is 9.69 Å². The highest BCUT2D eigenvalue weighted by Crippen LogP contribution is 2.15. The molecule has 144 valence electrons. The van der Waals surface area contributed by atoms with E-state index < -0.39 is 6.04 Å². The zero-order chi connectivity index (χ0) is 16.7. The van der Waals surface area contributed by atoms with E-state index >= 15 is 0 Å². The largest absolute Gasteiger partial charge is 0.492 e. The minimum Gasteiger partial charge on any atom is -0.492 e. The predicted molar refractivity (Wildman–Crippen MR) is 104 cm³/mol. The Morgan fingerprint density at radius 2 is 1.80 bits per heavy atom. The zero-order valence-corrected chi connectivity index (χ0v) is 16.6. The van der Waals surface area contributed by atoms with E-state index in [-0.39, 0.29) is 37.3 Å². The molecule has 0 aromatic heterocycles. The molecule has 0 aliphatic carbocycles. The molecule has 1 atom stereocenters. The lowest BCUT2D eigenvalue weighted by Crippen LogP contribution is -2.54. The van der Waals surface area contributed by atoms with Crippen LogP contribution in [0.25, 0.3) is 0 Å². The van der Waals surface area contributed by atoms with E-state index in [1.54, 1.807) is 12.0 Å². The Labute approximate surface area is 166 Å². The molecule has 1 amide bonds. The summed E-state index contributed by atoms with van der Waals surface area (Å²) in [6, 6.07) is 6.76. The van der Waals surface area contributed by atoms with Crippen LogP contribution in [0.1, 0.15) is 0 Å². The molecule has 1 aromatic rings. The van der Waals surface area contributed by atoms with Gasteiger partial charge in [0.1, 0.15) is 18.4 Å². The van der Waals surface area contributed by atoms with E-state index in [1.807, 2.05) is 24.3 Å². The van der Waals surface area contributed by atoms with Gasteiger partial charge in [-0.05, 0) is 24.3 Å². The van der Waals surface area contributed by atoms with Gasteiger partial charge in [-0.1, -0.05) is 11.6 Å². The number of hydrogen-bond donors (Lipinski definition) is 1. The average Bonchev–Trinajstić information content (AvgIpc) is 2.57. The molecule has 2 rings (SSSR count). The molecule has 1 aromatic carbocycles. The van der Waals surface area contributed by atoms with Gasteiger partial charge < -0.3 is 20.1 Å². The fraction of sp³-hybridized carbons (Fsp3) is 0.562. The van der Waals surface area contributed by atoms with Gasteiger partial charge in [0.05, 0.1) is 6.61 Å². The Hall–Kier alpha value is -0.760. The minimum absolute atomic E-state index is 0. The third-order valence-corrected chi connectivity index (χ3v) is 4.09. The third-order valence-electron chi connectivity index (χ3n) is 3.84. The number of nitrogens with zero attached hydrogens (tertiary/aromatic N) is 2. The van der Waals surface area contributed by atoms with E-state index in [0.29, 0.717) is 24.7 Å². The Bertz CT molecular complexity index is 497. The van der Waals surface area contributed by atoms with Crippen molar-refractivity contribution in [1.29, 1.82) is 0 Å². The van der Waals surface area contributed by atoms with Crippen molar-refractivity contribution in [2.45, 2.75) is 6.04 Å². The summed E-state index contributed by atoms with van der Waals surface area (Å²) in [4.78, 5) is 16.2. The highest BCUT2D eigenvalue weighted by molar-refractivity contribution is 6.30. The number of benzene rings is 1. The van der Waals surface area contributed by atoms with Crippen LogP contribution >= 0.6 is 36.4 Å². The monoisotopic (exact) mass is 413 g/mol. The molecule has 1 aliphatic rings. The van der Waals surface area contributed by atoms with Gasteiger partial charge in [-0.25, -0.2) is 0 Å². The third kappa shape index (κ3) is 7.98. The van der Waals surface area contributed by atoms with Gasteiger partial charge in [0.15, 0.2) is 0 Å². The average molecular weight is 415 g/mol. The second-order valence-electron chi connectivity index (χ2n) is 5.53. The fourth-order valence-electron chi connectivity index (χ4n) is 2.50. The van der Waals surface area contributed by atoms with Gasteiger partial charge >= 0.3 is 0 Å². The second kappa shape index (κ2) is 12.6. The van der Waals surface area contributed by atoms with Gasteiger partial charge in [0, 0.05) is 44.9 Å². The second-order valence-corrected chi connectivity index (χ2v) is 5.97. The SMILES string of the molecule is COCC(N)C(=O)N1CCN(CCOc2ccc(Cl)cc2)CC1.Cl.Cl. The molecule has 6 nitrogen and oxygen atoms in total. The molecule has 1 unspecified atom stereocenters. The van der Waals surface area contributed by atoms with E-state index in [0.717, 1.165) is 25.4 Å². The van der Waals surface area contributed by atoms with Crippen molar-refractivity contribution in [2.24, 2.45) is 5.73 Å². The first-order chi connectivity index (χ1) is 11.1. The van der Waals surface area contributed by atoms with Crippen LogP contribution in [0.5, 0.6) is 5.75 Å². The van der Waals surface area contributed by atoms with Crippen LogP contribution in [0.15, 0.2) is 24.3 Å². The van der Waals surface area contributed by atoms with Crippen molar-refractivity contribution >= 4 is 42.3 Å². The predicted octanol–water partition coefficient (Wildman–Crippen LogP) is 1.68. The first-order valence-corrected chi connectivity index (χ1v) is 8.12. The minimum atomic E-state index is -0.570. The highest BCUT2D eigenvalue weighted by Gasteiger charge is 2.24. The molecule has 25 heavy (non-hydrogen) atoms. The molecule has 0 saturated carbocycles. The van der Waals surface area contributed by atoms with Crippen molar-refractivity contribution in [3.63, 3.8) is 0 Å². The van der Waals surface area contributed by atoms with Crippen LogP contribution in [-0.4, -0.2) is 74.8 Å². The Morgan fingerprint density at radius 3 is 2.36 bits per heavy atom. The smallest absolute Gasteiger partial charge is 0.241 e. The fourth-order valence-corrected chi connectivity index (χ4v) is 2.63. The summed E-state index contributed by atoms with van der Waals surface area (Å²) in [5.74, 6) is 0.776. The van der Waals surface area contributed by atoms with Crippen molar-refractivity contribution in [1.82, 2.24) is 9.80 Å². The maximum Gasteiger partial charge on any atom is 0.241 e. The van der Waals surface area contributed by atoms with Gasteiger partial charge in [-0.15, -0.1) is 24.8 Å². The molecule has 1 heterocycles. The lowest BCUT2D eigenvalue weighted by Gasteiger charge is -2.35. The molecule has 0 spiro atoms. The van der Waals surface area contributed by atoms with Crippen LogP contribution < -0.4 is 10.5 Å². The number of carbonyl (C=O) groups is 1. The maximum atomic E-state index is 12.1. The summed E-state index contributed by atoms with van der Waals surface area (Å²) in [7, 11) is 1.55. The van der Waals surface area contributed by atoms with Gasteiger partial charge in [0.25, 0.3) is 0 Å². The molecular formula is C16H26Cl3N3O3. The van der Waals surface area contributed by atoms with E-state index in [1.165, 1.54) is 0 Å². The topological polar surface area (TPSA) is 68.0 Å². The summed E-state index contributed by atoms with van der Waals surface area (Å²) < 4.78 is 10.6. The first kappa shape index (κ1) is 24.2. The van der Waals surface area contributed by atoms with Crippen molar-refractivity contribution in [2.75, 3.05) is 53.0 Å². The van der Waals surface area contributed by atoms with E-state index in [4.69, 9.17) is 26.8 Å². The number of carbonyl (C=O) groups excluding carboxylic acids is 1. The molecule has 0 radical (unpaired) electrons. The van der Waals surface area contributed by atoms with Gasteiger partial charge in [-0.2, -0.15) is 0 Å². The standard InChI is InChI=1S/C16H24ClN3O3.2ClH/c1-22-12-15(18)16(21)20-8-6-19(7-9-20)10-11-23-14-4-2-13(17)3-5-14;;/h2-5,15H,6-12,18H2,1H3;2*1H. The highest BCUT2D eigenvalue weighted by atomic mass is 35.5.